The van der Waals surface area contributed by atoms with Crippen molar-refractivity contribution >= 4 is 68.1 Å². The standard InChI is InChI=1S/C20H18Cl3N3O7S/c21-13-4-5-15(16(10-13)26(29)30)24-18(27)11-33-20(28)12-6-8-25(9-7-12)34(31,32)17-3-1-2-14(22)19(17)23/h1-5,10,12H,6-9,11H2,(H,24,27). The molecule has 1 fully saturated rings. The number of amides is 1. The molecular formula is C20H18Cl3N3O7S. The number of carbonyl (C=O) groups is 2. The Morgan fingerprint density at radius 1 is 1.15 bits per heavy atom. The molecule has 1 aliphatic rings. The molecule has 1 N–H and O–H groups in total. The van der Waals surface area contributed by atoms with Crippen LogP contribution in [0.1, 0.15) is 12.8 Å². The van der Waals surface area contributed by atoms with Crippen molar-refractivity contribution in [3.05, 3.63) is 61.6 Å². The zero-order valence-electron chi connectivity index (χ0n) is 17.4. The van der Waals surface area contributed by atoms with Crippen molar-refractivity contribution in [3.8, 4) is 0 Å². The van der Waals surface area contributed by atoms with Gasteiger partial charge in [0.25, 0.3) is 11.6 Å². The highest BCUT2D eigenvalue weighted by Gasteiger charge is 2.34. The number of piperidine rings is 1. The van der Waals surface area contributed by atoms with E-state index < -0.39 is 45.0 Å². The van der Waals surface area contributed by atoms with E-state index in [2.05, 4.69) is 5.32 Å². The largest absolute Gasteiger partial charge is 0.455 e. The summed E-state index contributed by atoms with van der Waals surface area (Å²) in [6.07, 6.45) is 0.362. The van der Waals surface area contributed by atoms with E-state index in [0.29, 0.717) is 0 Å². The lowest BCUT2D eigenvalue weighted by molar-refractivity contribution is -0.383. The Bertz CT molecular complexity index is 1230. The SMILES string of the molecule is O=C(COC(=O)C1CCN(S(=O)(=O)c2cccc(Cl)c2Cl)CC1)Nc1ccc(Cl)cc1[N+](=O)[O-]. The Morgan fingerprint density at radius 3 is 2.47 bits per heavy atom. The molecule has 34 heavy (non-hydrogen) atoms. The number of halogens is 3. The molecule has 0 saturated carbocycles. The van der Waals surface area contributed by atoms with Crippen molar-refractivity contribution in [3.63, 3.8) is 0 Å². The quantitative estimate of drug-likeness (QED) is 0.311. The third-order valence-corrected chi connectivity index (χ3v) is 8.20. The fourth-order valence-corrected chi connectivity index (χ4v) is 5.73. The van der Waals surface area contributed by atoms with Gasteiger partial charge in [0.05, 0.1) is 20.9 Å². The lowest BCUT2D eigenvalue weighted by Crippen LogP contribution is -2.41. The average molecular weight is 551 g/mol. The first-order chi connectivity index (χ1) is 16.0. The lowest BCUT2D eigenvalue weighted by Gasteiger charge is -2.30. The van der Waals surface area contributed by atoms with E-state index in [0.717, 1.165) is 6.07 Å². The molecule has 1 aliphatic heterocycles. The summed E-state index contributed by atoms with van der Waals surface area (Å²) >= 11 is 17.7. The minimum Gasteiger partial charge on any atom is -0.455 e. The van der Waals surface area contributed by atoms with Crippen LogP contribution in [0.2, 0.25) is 15.1 Å². The van der Waals surface area contributed by atoms with Crippen LogP contribution in [0.3, 0.4) is 0 Å². The van der Waals surface area contributed by atoms with Gasteiger partial charge in [-0.05, 0) is 37.1 Å². The van der Waals surface area contributed by atoms with Crippen molar-refractivity contribution in [1.29, 1.82) is 0 Å². The Kier molecular flexibility index (Phi) is 8.37. The number of nitro benzene ring substituents is 1. The summed E-state index contributed by atoms with van der Waals surface area (Å²) in [4.78, 5) is 34.8. The van der Waals surface area contributed by atoms with Gasteiger partial charge in [0, 0.05) is 24.2 Å². The maximum absolute atomic E-state index is 12.9. The van der Waals surface area contributed by atoms with Crippen LogP contribution in [-0.2, 0) is 24.3 Å². The number of sulfonamides is 1. The summed E-state index contributed by atoms with van der Waals surface area (Å²) in [5.41, 5.74) is -0.491. The molecular weight excluding hydrogens is 533 g/mol. The second-order valence-electron chi connectivity index (χ2n) is 7.30. The molecule has 10 nitrogen and oxygen atoms in total. The van der Waals surface area contributed by atoms with Gasteiger partial charge >= 0.3 is 5.97 Å². The molecule has 2 aromatic carbocycles. The molecule has 0 radical (unpaired) electrons. The van der Waals surface area contributed by atoms with Crippen LogP contribution in [0.4, 0.5) is 11.4 Å². The van der Waals surface area contributed by atoms with Crippen LogP contribution in [0, 0.1) is 16.0 Å². The first-order valence-corrected chi connectivity index (χ1v) is 12.4. The first kappa shape index (κ1) is 26.2. The summed E-state index contributed by atoms with van der Waals surface area (Å²) in [5.74, 6) is -2.05. The predicted octanol–water partition coefficient (Wildman–Crippen LogP) is 4.14. The Hall–Kier alpha value is -2.44. The van der Waals surface area contributed by atoms with Gasteiger partial charge in [-0.3, -0.25) is 19.7 Å². The zero-order valence-corrected chi connectivity index (χ0v) is 20.5. The first-order valence-electron chi connectivity index (χ1n) is 9.85. The van der Waals surface area contributed by atoms with Crippen LogP contribution < -0.4 is 5.32 Å². The van der Waals surface area contributed by atoms with E-state index in [1.807, 2.05) is 0 Å². The van der Waals surface area contributed by atoms with Crippen LogP contribution >= 0.6 is 34.8 Å². The number of ether oxygens (including phenoxy) is 1. The maximum Gasteiger partial charge on any atom is 0.309 e. The number of rotatable bonds is 7. The second kappa shape index (κ2) is 10.9. The molecule has 0 atom stereocenters. The molecule has 1 heterocycles. The monoisotopic (exact) mass is 549 g/mol. The van der Waals surface area contributed by atoms with Gasteiger partial charge in [-0.1, -0.05) is 40.9 Å². The van der Waals surface area contributed by atoms with E-state index >= 15 is 0 Å². The molecule has 0 aliphatic carbocycles. The number of anilines is 1. The molecule has 14 heteroatoms. The fourth-order valence-electron chi connectivity index (χ4n) is 3.36. The van der Waals surface area contributed by atoms with Crippen LogP contribution in [0.15, 0.2) is 41.3 Å². The molecule has 1 saturated heterocycles. The van der Waals surface area contributed by atoms with Crippen LogP contribution in [-0.4, -0.2) is 49.2 Å². The third kappa shape index (κ3) is 5.97. The van der Waals surface area contributed by atoms with Gasteiger partial charge in [-0.15, -0.1) is 0 Å². The molecule has 0 aromatic heterocycles. The highest BCUT2D eigenvalue weighted by molar-refractivity contribution is 7.89. The van der Waals surface area contributed by atoms with E-state index in [1.165, 1.54) is 34.6 Å². The van der Waals surface area contributed by atoms with Crippen LogP contribution in [0.25, 0.3) is 0 Å². The van der Waals surface area contributed by atoms with E-state index in [-0.39, 0.29) is 51.6 Å². The van der Waals surface area contributed by atoms with Crippen molar-refractivity contribution in [2.75, 3.05) is 25.0 Å². The van der Waals surface area contributed by atoms with Gasteiger partial charge in [-0.25, -0.2) is 8.42 Å². The van der Waals surface area contributed by atoms with E-state index in [9.17, 15) is 28.1 Å². The van der Waals surface area contributed by atoms with Crippen LogP contribution in [0.5, 0.6) is 0 Å². The van der Waals surface area contributed by atoms with Crippen molar-refractivity contribution in [2.45, 2.75) is 17.7 Å². The maximum atomic E-state index is 12.9. The van der Waals surface area contributed by atoms with Gasteiger partial charge in [0.15, 0.2) is 6.61 Å². The smallest absolute Gasteiger partial charge is 0.309 e. The van der Waals surface area contributed by atoms with Gasteiger partial charge in [0.1, 0.15) is 10.6 Å². The fraction of sp³-hybridized carbons (Fsp3) is 0.300. The van der Waals surface area contributed by atoms with Crippen molar-refractivity contribution in [1.82, 2.24) is 4.31 Å². The number of nitro groups is 1. The number of esters is 1. The minimum atomic E-state index is -3.90. The summed E-state index contributed by atoms with van der Waals surface area (Å²) in [7, 11) is -3.90. The summed E-state index contributed by atoms with van der Waals surface area (Å²) < 4.78 is 32.0. The summed E-state index contributed by atoms with van der Waals surface area (Å²) in [6, 6.07) is 8.04. The average Bonchev–Trinajstić information content (AvgIpc) is 2.80. The highest BCUT2D eigenvalue weighted by atomic mass is 35.5. The second-order valence-corrected chi connectivity index (χ2v) is 10.4. The topological polar surface area (TPSA) is 136 Å². The number of hydrogen-bond donors (Lipinski definition) is 1. The van der Waals surface area contributed by atoms with Crippen molar-refractivity contribution in [2.24, 2.45) is 5.92 Å². The minimum absolute atomic E-state index is 0.0497. The summed E-state index contributed by atoms with van der Waals surface area (Å²) in [6.45, 7) is -0.558. The Balaban J connectivity index is 1.54. The van der Waals surface area contributed by atoms with Gasteiger partial charge < -0.3 is 10.1 Å². The summed E-state index contributed by atoms with van der Waals surface area (Å²) in [5, 5.41) is 13.6. The molecule has 3 rings (SSSR count). The molecule has 0 unspecified atom stereocenters. The van der Waals surface area contributed by atoms with Crippen molar-refractivity contribution < 1.29 is 27.7 Å². The Morgan fingerprint density at radius 2 is 1.82 bits per heavy atom. The number of carbonyl (C=O) groups excluding carboxylic acids is 2. The lowest BCUT2D eigenvalue weighted by atomic mass is 9.98. The Labute approximate surface area is 209 Å². The predicted molar refractivity (Wildman–Crippen MR) is 126 cm³/mol. The highest BCUT2D eigenvalue weighted by Crippen LogP contribution is 2.33. The molecule has 0 bridgehead atoms. The molecule has 1 amide bonds. The normalized spacial score (nSPS) is 15.0. The number of benzene rings is 2. The third-order valence-electron chi connectivity index (χ3n) is 5.10. The molecule has 182 valence electrons. The molecule has 2 aromatic rings. The van der Waals surface area contributed by atoms with Gasteiger partial charge in [0.2, 0.25) is 10.0 Å². The number of hydrogen-bond acceptors (Lipinski definition) is 7. The number of nitrogens with one attached hydrogen (secondary N) is 1. The van der Waals surface area contributed by atoms with E-state index in [4.69, 9.17) is 39.5 Å². The zero-order chi connectivity index (χ0) is 25.0. The molecule has 0 spiro atoms. The van der Waals surface area contributed by atoms with Gasteiger partial charge in [-0.2, -0.15) is 4.31 Å². The number of nitrogens with zero attached hydrogens (tertiary/aromatic N) is 2. The van der Waals surface area contributed by atoms with E-state index in [1.54, 1.807) is 0 Å².